The summed E-state index contributed by atoms with van der Waals surface area (Å²) in [6.07, 6.45) is 5.37. The Balaban J connectivity index is 2.05. The van der Waals surface area contributed by atoms with E-state index >= 15 is 0 Å². The van der Waals surface area contributed by atoms with Crippen LogP contribution in [0.2, 0.25) is 5.02 Å². The maximum atomic E-state index is 10.6. The standard InChI is InChI=1S/C16H25ClN2O/c1-16(2,3)11-6-4-10(5-7-11)14(20)13-8-12(17)9-19-15(13)18/h8-11,14,20H,4-7H2,1-3H3,(H2,18,19). The predicted octanol–water partition coefficient (Wildman–Crippen LogP) is 4.20. The molecule has 1 aliphatic rings. The number of anilines is 1. The molecule has 0 aliphatic heterocycles. The highest BCUT2D eigenvalue weighted by atomic mass is 35.5. The normalized spacial score (nSPS) is 25.4. The molecule has 112 valence electrons. The number of rotatable bonds is 2. The van der Waals surface area contributed by atoms with Crippen molar-refractivity contribution >= 4 is 17.4 Å². The van der Waals surface area contributed by atoms with Crippen molar-refractivity contribution in [2.24, 2.45) is 17.3 Å². The van der Waals surface area contributed by atoms with Gasteiger partial charge in [0, 0.05) is 11.8 Å². The lowest BCUT2D eigenvalue weighted by atomic mass is 9.68. The first kappa shape index (κ1) is 15.6. The highest BCUT2D eigenvalue weighted by molar-refractivity contribution is 6.30. The van der Waals surface area contributed by atoms with Crippen LogP contribution in [0.5, 0.6) is 0 Å². The number of aliphatic hydroxyl groups excluding tert-OH is 1. The Morgan fingerprint density at radius 2 is 1.90 bits per heavy atom. The van der Waals surface area contributed by atoms with Crippen molar-refractivity contribution in [1.82, 2.24) is 4.98 Å². The van der Waals surface area contributed by atoms with E-state index in [2.05, 4.69) is 25.8 Å². The molecule has 1 atom stereocenters. The number of aliphatic hydroxyl groups is 1. The zero-order valence-corrected chi connectivity index (χ0v) is 13.3. The minimum atomic E-state index is -0.554. The Kier molecular flexibility index (Phi) is 4.60. The molecule has 3 nitrogen and oxygen atoms in total. The van der Waals surface area contributed by atoms with E-state index < -0.39 is 6.10 Å². The molecule has 0 aromatic carbocycles. The van der Waals surface area contributed by atoms with Crippen LogP contribution in [-0.4, -0.2) is 10.1 Å². The van der Waals surface area contributed by atoms with Gasteiger partial charge in [0.1, 0.15) is 5.82 Å². The molecule has 2 rings (SSSR count). The Bertz CT molecular complexity index is 462. The summed E-state index contributed by atoms with van der Waals surface area (Å²) in [5.41, 5.74) is 6.90. The maximum absolute atomic E-state index is 10.6. The second-order valence-corrected chi connectivity index (χ2v) is 7.49. The van der Waals surface area contributed by atoms with E-state index in [-0.39, 0.29) is 5.92 Å². The summed E-state index contributed by atoms with van der Waals surface area (Å²) < 4.78 is 0. The maximum Gasteiger partial charge on any atom is 0.129 e. The fraction of sp³-hybridized carbons (Fsp3) is 0.688. The molecule has 1 aliphatic carbocycles. The molecular formula is C16H25ClN2O. The molecule has 0 radical (unpaired) electrons. The Hall–Kier alpha value is -0.800. The Morgan fingerprint density at radius 1 is 1.30 bits per heavy atom. The minimum Gasteiger partial charge on any atom is -0.388 e. The van der Waals surface area contributed by atoms with Gasteiger partial charge in [0.2, 0.25) is 0 Å². The van der Waals surface area contributed by atoms with Crippen LogP contribution in [0.1, 0.15) is 58.1 Å². The van der Waals surface area contributed by atoms with E-state index in [1.807, 2.05) is 0 Å². The molecular weight excluding hydrogens is 272 g/mol. The smallest absolute Gasteiger partial charge is 0.129 e. The molecule has 1 heterocycles. The molecule has 1 saturated carbocycles. The number of hydrogen-bond donors (Lipinski definition) is 2. The molecule has 1 aromatic rings. The van der Waals surface area contributed by atoms with Gasteiger partial charge in [-0.25, -0.2) is 4.98 Å². The Labute approximate surface area is 126 Å². The monoisotopic (exact) mass is 296 g/mol. The predicted molar refractivity (Wildman–Crippen MR) is 83.5 cm³/mol. The van der Waals surface area contributed by atoms with Crippen molar-refractivity contribution in [2.45, 2.75) is 52.6 Å². The average Bonchev–Trinajstić information content (AvgIpc) is 2.40. The zero-order valence-electron chi connectivity index (χ0n) is 12.6. The number of nitrogens with zero attached hydrogens (tertiary/aromatic N) is 1. The molecule has 3 N–H and O–H groups in total. The topological polar surface area (TPSA) is 59.1 Å². The lowest BCUT2D eigenvalue weighted by molar-refractivity contribution is 0.0531. The van der Waals surface area contributed by atoms with Crippen molar-refractivity contribution in [3.63, 3.8) is 0 Å². The van der Waals surface area contributed by atoms with Crippen LogP contribution in [0.15, 0.2) is 12.3 Å². The largest absolute Gasteiger partial charge is 0.388 e. The lowest BCUT2D eigenvalue weighted by Crippen LogP contribution is -2.28. The van der Waals surface area contributed by atoms with Gasteiger partial charge in [-0.3, -0.25) is 0 Å². The van der Waals surface area contributed by atoms with E-state index in [4.69, 9.17) is 17.3 Å². The summed E-state index contributed by atoms with van der Waals surface area (Å²) in [5, 5.41) is 11.1. The van der Waals surface area contributed by atoms with Crippen LogP contribution >= 0.6 is 11.6 Å². The van der Waals surface area contributed by atoms with Crippen LogP contribution in [0, 0.1) is 17.3 Å². The lowest BCUT2D eigenvalue weighted by Gasteiger charge is -2.38. The number of halogens is 1. The number of nitrogens with two attached hydrogens (primary N) is 1. The van der Waals surface area contributed by atoms with E-state index in [0.29, 0.717) is 21.8 Å². The first-order valence-corrected chi connectivity index (χ1v) is 7.76. The van der Waals surface area contributed by atoms with Crippen LogP contribution in [0.25, 0.3) is 0 Å². The number of pyridine rings is 1. The molecule has 0 bridgehead atoms. The summed E-state index contributed by atoms with van der Waals surface area (Å²) in [6, 6.07) is 1.74. The number of aromatic nitrogens is 1. The third-order valence-electron chi connectivity index (χ3n) is 4.68. The van der Waals surface area contributed by atoms with Crippen LogP contribution < -0.4 is 5.73 Å². The second-order valence-electron chi connectivity index (χ2n) is 7.05. The summed E-state index contributed by atoms with van der Waals surface area (Å²) in [4.78, 5) is 4.03. The summed E-state index contributed by atoms with van der Waals surface area (Å²) >= 11 is 5.95. The van der Waals surface area contributed by atoms with Gasteiger partial charge in [-0.05, 0) is 49.0 Å². The minimum absolute atomic E-state index is 0.260. The van der Waals surface area contributed by atoms with E-state index in [1.165, 1.54) is 19.0 Å². The quantitative estimate of drug-likeness (QED) is 0.860. The number of hydrogen-bond acceptors (Lipinski definition) is 3. The summed E-state index contributed by atoms with van der Waals surface area (Å²) in [6.45, 7) is 6.90. The van der Waals surface area contributed by atoms with Crippen molar-refractivity contribution in [3.05, 3.63) is 22.8 Å². The molecule has 4 heteroatoms. The van der Waals surface area contributed by atoms with E-state index in [9.17, 15) is 5.11 Å². The zero-order chi connectivity index (χ0) is 14.9. The van der Waals surface area contributed by atoms with Gasteiger partial charge in [-0.2, -0.15) is 0 Å². The highest BCUT2D eigenvalue weighted by Crippen LogP contribution is 2.44. The summed E-state index contributed by atoms with van der Waals surface area (Å²) in [5.74, 6) is 1.39. The Morgan fingerprint density at radius 3 is 2.45 bits per heavy atom. The van der Waals surface area contributed by atoms with E-state index in [0.717, 1.165) is 18.8 Å². The molecule has 0 spiro atoms. The van der Waals surface area contributed by atoms with E-state index in [1.54, 1.807) is 6.07 Å². The average molecular weight is 297 g/mol. The molecule has 1 unspecified atom stereocenters. The first-order valence-electron chi connectivity index (χ1n) is 7.38. The van der Waals surface area contributed by atoms with Crippen molar-refractivity contribution in [1.29, 1.82) is 0 Å². The van der Waals surface area contributed by atoms with Gasteiger partial charge < -0.3 is 10.8 Å². The van der Waals surface area contributed by atoms with Crippen LogP contribution in [-0.2, 0) is 0 Å². The molecule has 0 saturated heterocycles. The van der Waals surface area contributed by atoms with Crippen molar-refractivity contribution in [2.75, 3.05) is 5.73 Å². The molecule has 1 fully saturated rings. The first-order chi connectivity index (χ1) is 9.29. The van der Waals surface area contributed by atoms with Gasteiger partial charge in [-0.1, -0.05) is 32.4 Å². The van der Waals surface area contributed by atoms with Gasteiger partial charge in [-0.15, -0.1) is 0 Å². The van der Waals surface area contributed by atoms with Gasteiger partial charge in [0.05, 0.1) is 11.1 Å². The summed E-state index contributed by atoms with van der Waals surface area (Å²) in [7, 11) is 0. The fourth-order valence-corrected chi connectivity index (χ4v) is 3.42. The number of nitrogen functional groups attached to an aromatic ring is 1. The highest BCUT2D eigenvalue weighted by Gasteiger charge is 2.33. The van der Waals surface area contributed by atoms with Crippen molar-refractivity contribution in [3.8, 4) is 0 Å². The third-order valence-corrected chi connectivity index (χ3v) is 4.88. The van der Waals surface area contributed by atoms with Gasteiger partial charge in [0.15, 0.2) is 0 Å². The fourth-order valence-electron chi connectivity index (χ4n) is 3.26. The van der Waals surface area contributed by atoms with Gasteiger partial charge in [0.25, 0.3) is 0 Å². The SMILES string of the molecule is CC(C)(C)C1CCC(C(O)c2cc(Cl)cnc2N)CC1. The van der Waals surface area contributed by atoms with Crippen LogP contribution in [0.4, 0.5) is 5.82 Å². The second kappa shape index (κ2) is 5.90. The molecule has 1 aromatic heterocycles. The van der Waals surface area contributed by atoms with Crippen molar-refractivity contribution < 1.29 is 5.11 Å². The molecule has 0 amide bonds. The van der Waals surface area contributed by atoms with Gasteiger partial charge >= 0.3 is 0 Å². The third kappa shape index (κ3) is 3.44. The van der Waals surface area contributed by atoms with Crippen LogP contribution in [0.3, 0.4) is 0 Å². The molecule has 20 heavy (non-hydrogen) atoms.